The van der Waals surface area contributed by atoms with Crippen LogP contribution in [0.5, 0.6) is 0 Å². The molecule has 0 aliphatic heterocycles. The van der Waals surface area contributed by atoms with Gasteiger partial charge in [-0.2, -0.15) is 0 Å². The molecule has 0 saturated carbocycles. The summed E-state index contributed by atoms with van der Waals surface area (Å²) >= 11 is 0. The molecule has 0 aromatic heterocycles. The quantitative estimate of drug-likeness (QED) is 0.350. The Labute approximate surface area is 84.4 Å². The molecule has 0 aromatic carbocycles. The number of hydrogen-bond acceptors (Lipinski definition) is 0. The molecule has 0 aliphatic rings. The normalized spacial score (nSPS) is 11.2. The number of unbranched alkanes of at least 4 members (excludes halogenated alkanes) is 7. The van der Waals surface area contributed by atoms with Gasteiger partial charge in [0, 0.05) is 0 Å². The number of allylic oxidation sites excluding steroid dienone is 2. The third kappa shape index (κ3) is 11.7. The lowest BCUT2D eigenvalue weighted by atomic mass is 10.1. The zero-order valence-corrected chi connectivity index (χ0v) is 9.39. The fourth-order valence-electron chi connectivity index (χ4n) is 1.39. The van der Waals surface area contributed by atoms with Crippen molar-refractivity contribution in [3.05, 3.63) is 18.6 Å². The minimum Gasteiger partial charge on any atom is -0.0885 e. The predicted molar refractivity (Wildman–Crippen MR) is 61.7 cm³/mol. The van der Waals surface area contributed by atoms with Gasteiger partial charge in [0.1, 0.15) is 0 Å². The highest BCUT2D eigenvalue weighted by molar-refractivity contribution is 4.85. The third-order valence-corrected chi connectivity index (χ3v) is 2.26. The van der Waals surface area contributed by atoms with Gasteiger partial charge in [-0.1, -0.05) is 58.1 Å². The van der Waals surface area contributed by atoms with Gasteiger partial charge in [-0.05, 0) is 25.7 Å². The molecule has 0 N–H and O–H groups in total. The third-order valence-electron chi connectivity index (χ3n) is 2.26. The van der Waals surface area contributed by atoms with Gasteiger partial charge in [0.25, 0.3) is 0 Å². The van der Waals surface area contributed by atoms with E-state index in [1.165, 1.54) is 44.9 Å². The van der Waals surface area contributed by atoms with E-state index in [1.807, 2.05) is 0 Å². The van der Waals surface area contributed by atoms with Crippen molar-refractivity contribution in [2.45, 2.75) is 65.2 Å². The van der Waals surface area contributed by atoms with Crippen LogP contribution in [0.25, 0.3) is 0 Å². The first kappa shape index (κ1) is 12.7. The van der Waals surface area contributed by atoms with Crippen molar-refractivity contribution in [2.75, 3.05) is 0 Å². The molecule has 0 bridgehead atoms. The fourth-order valence-corrected chi connectivity index (χ4v) is 1.39. The van der Waals surface area contributed by atoms with E-state index in [9.17, 15) is 0 Å². The lowest BCUT2D eigenvalue weighted by Crippen LogP contribution is -1.77. The fraction of sp³-hybridized carbons (Fsp3) is 0.769. The zero-order chi connectivity index (χ0) is 9.78. The van der Waals surface area contributed by atoms with Crippen LogP contribution in [0.4, 0.5) is 0 Å². The summed E-state index contributed by atoms with van der Waals surface area (Å²) in [6, 6.07) is 0. The largest absolute Gasteiger partial charge is 0.0885 e. The van der Waals surface area contributed by atoms with Gasteiger partial charge in [-0.15, -0.1) is 0 Å². The Kier molecular flexibility index (Phi) is 11.5. The van der Waals surface area contributed by atoms with Crippen molar-refractivity contribution >= 4 is 0 Å². The summed E-state index contributed by atoms with van der Waals surface area (Å²) in [4.78, 5) is 0. The zero-order valence-electron chi connectivity index (χ0n) is 9.39. The van der Waals surface area contributed by atoms with Gasteiger partial charge in [0.2, 0.25) is 0 Å². The lowest BCUT2D eigenvalue weighted by molar-refractivity contribution is 0.611. The van der Waals surface area contributed by atoms with Gasteiger partial charge in [-0.25, -0.2) is 0 Å². The van der Waals surface area contributed by atoms with Crippen molar-refractivity contribution in [1.29, 1.82) is 0 Å². The summed E-state index contributed by atoms with van der Waals surface area (Å²) in [6.45, 7) is 4.37. The first-order valence-corrected chi connectivity index (χ1v) is 5.84. The first-order valence-electron chi connectivity index (χ1n) is 5.84. The van der Waals surface area contributed by atoms with Crippen LogP contribution >= 0.6 is 0 Å². The molecule has 0 saturated heterocycles. The van der Waals surface area contributed by atoms with E-state index in [-0.39, 0.29) is 0 Å². The molecule has 0 rings (SSSR count). The SMILES string of the molecule is C[CH]C/C=C/CCCCCCCC. The van der Waals surface area contributed by atoms with Crippen LogP contribution < -0.4 is 0 Å². The van der Waals surface area contributed by atoms with Gasteiger partial charge < -0.3 is 0 Å². The summed E-state index contributed by atoms with van der Waals surface area (Å²) in [5, 5.41) is 0. The van der Waals surface area contributed by atoms with E-state index in [0.717, 1.165) is 6.42 Å². The molecule has 77 valence electrons. The Bertz CT molecular complexity index is 103. The molecule has 0 atom stereocenters. The Morgan fingerprint density at radius 1 is 0.846 bits per heavy atom. The van der Waals surface area contributed by atoms with Crippen LogP contribution in [0.2, 0.25) is 0 Å². The molecule has 0 heterocycles. The molecule has 0 amide bonds. The highest BCUT2D eigenvalue weighted by atomic mass is 13.9. The van der Waals surface area contributed by atoms with E-state index < -0.39 is 0 Å². The van der Waals surface area contributed by atoms with Crippen molar-refractivity contribution in [2.24, 2.45) is 0 Å². The molecule has 0 aliphatic carbocycles. The van der Waals surface area contributed by atoms with Crippen molar-refractivity contribution < 1.29 is 0 Å². The monoisotopic (exact) mass is 181 g/mol. The van der Waals surface area contributed by atoms with Crippen LogP contribution in [0.3, 0.4) is 0 Å². The summed E-state index contributed by atoms with van der Waals surface area (Å²) in [5.74, 6) is 0. The Balaban J connectivity index is 2.91. The van der Waals surface area contributed by atoms with Crippen molar-refractivity contribution in [1.82, 2.24) is 0 Å². The maximum atomic E-state index is 2.32. The van der Waals surface area contributed by atoms with Crippen LogP contribution in [-0.2, 0) is 0 Å². The minimum absolute atomic E-state index is 1.13. The molecule has 0 spiro atoms. The number of hydrogen-bond donors (Lipinski definition) is 0. The van der Waals surface area contributed by atoms with Gasteiger partial charge in [0.15, 0.2) is 0 Å². The van der Waals surface area contributed by atoms with Crippen molar-refractivity contribution in [3.63, 3.8) is 0 Å². The van der Waals surface area contributed by atoms with Crippen LogP contribution in [0, 0.1) is 6.42 Å². The van der Waals surface area contributed by atoms with E-state index in [0.29, 0.717) is 0 Å². The second-order valence-electron chi connectivity index (χ2n) is 3.67. The maximum absolute atomic E-state index is 2.32. The van der Waals surface area contributed by atoms with Crippen LogP contribution in [-0.4, -0.2) is 0 Å². The Hall–Kier alpha value is -0.260. The molecule has 0 fully saturated rings. The van der Waals surface area contributed by atoms with Crippen LogP contribution in [0.15, 0.2) is 12.2 Å². The van der Waals surface area contributed by atoms with Gasteiger partial charge in [-0.3, -0.25) is 0 Å². The molecule has 0 nitrogen and oxygen atoms in total. The highest BCUT2D eigenvalue weighted by Crippen LogP contribution is 2.07. The highest BCUT2D eigenvalue weighted by Gasteiger charge is 1.87. The summed E-state index contributed by atoms with van der Waals surface area (Å²) in [5.41, 5.74) is 0. The maximum Gasteiger partial charge on any atom is -0.0322 e. The van der Waals surface area contributed by atoms with Crippen molar-refractivity contribution in [3.8, 4) is 0 Å². The molecular formula is C13H25. The standard InChI is InChI=1S/C13H25/c1-3-5-7-9-11-13-12-10-8-6-4-2/h3,7,9H,4-6,8,10-13H2,1-2H3/b9-7+. The Morgan fingerprint density at radius 3 is 2.23 bits per heavy atom. The van der Waals surface area contributed by atoms with Crippen LogP contribution in [0.1, 0.15) is 65.2 Å². The summed E-state index contributed by atoms with van der Waals surface area (Å²) in [6.07, 6.45) is 17.6. The molecule has 0 aromatic rings. The second kappa shape index (κ2) is 11.7. The second-order valence-corrected chi connectivity index (χ2v) is 3.67. The molecule has 1 radical (unpaired) electrons. The number of rotatable bonds is 9. The summed E-state index contributed by atoms with van der Waals surface area (Å²) in [7, 11) is 0. The Morgan fingerprint density at radius 2 is 1.54 bits per heavy atom. The van der Waals surface area contributed by atoms with E-state index in [1.54, 1.807) is 0 Å². The molecule has 0 heteroatoms. The summed E-state index contributed by atoms with van der Waals surface area (Å²) < 4.78 is 0. The first-order chi connectivity index (χ1) is 6.41. The van der Waals surface area contributed by atoms with E-state index >= 15 is 0 Å². The minimum atomic E-state index is 1.13. The molecular weight excluding hydrogens is 156 g/mol. The smallest absolute Gasteiger partial charge is 0.0322 e. The predicted octanol–water partition coefficient (Wildman–Crippen LogP) is 4.91. The van der Waals surface area contributed by atoms with E-state index in [2.05, 4.69) is 32.4 Å². The topological polar surface area (TPSA) is 0 Å². The lowest BCUT2D eigenvalue weighted by Gasteiger charge is -1.97. The average molecular weight is 181 g/mol. The average Bonchev–Trinajstić information content (AvgIpc) is 2.16. The van der Waals surface area contributed by atoms with E-state index in [4.69, 9.17) is 0 Å². The van der Waals surface area contributed by atoms with Gasteiger partial charge in [0.05, 0.1) is 0 Å². The molecule has 0 unspecified atom stereocenters. The van der Waals surface area contributed by atoms with Gasteiger partial charge >= 0.3 is 0 Å². The molecule has 13 heavy (non-hydrogen) atoms.